The van der Waals surface area contributed by atoms with E-state index in [1.165, 1.54) is 0 Å². The molecule has 1 aliphatic heterocycles. The first-order valence-electron chi connectivity index (χ1n) is 12.2. The maximum Gasteiger partial charge on any atom is 0.410 e. The van der Waals surface area contributed by atoms with Gasteiger partial charge in [-0.3, -0.25) is 4.79 Å². The first-order valence-corrected chi connectivity index (χ1v) is 12.2. The smallest absolute Gasteiger partial charge is 0.410 e. The van der Waals surface area contributed by atoms with Crippen molar-refractivity contribution in [1.29, 1.82) is 0 Å². The van der Waals surface area contributed by atoms with Gasteiger partial charge in [-0.25, -0.2) is 4.79 Å². The summed E-state index contributed by atoms with van der Waals surface area (Å²) >= 11 is 0. The van der Waals surface area contributed by atoms with Crippen molar-refractivity contribution in [2.24, 2.45) is 0 Å². The zero-order valence-corrected chi connectivity index (χ0v) is 21.9. The predicted octanol–water partition coefficient (Wildman–Crippen LogP) is 5.90. The monoisotopic (exact) mass is 490 g/mol. The van der Waals surface area contributed by atoms with Gasteiger partial charge in [0.05, 0.1) is 13.4 Å². The molecule has 0 saturated carbocycles. The lowest BCUT2D eigenvalue weighted by molar-refractivity contribution is -0.127. The second-order valence-corrected chi connectivity index (χ2v) is 10.1. The summed E-state index contributed by atoms with van der Waals surface area (Å²) in [4.78, 5) is 28.9. The van der Waals surface area contributed by atoms with Crippen molar-refractivity contribution < 1.29 is 23.5 Å². The van der Waals surface area contributed by atoms with Gasteiger partial charge in [-0.15, -0.1) is 0 Å². The SMILES string of the molecule is COc1c(/C(C)=C/C(=O)N2CCN(C(=O)OC(C)(C)C)CC2)cc2c(-c3ccccc3)coc2c1C. The van der Waals surface area contributed by atoms with Gasteiger partial charge in [0, 0.05) is 54.3 Å². The van der Waals surface area contributed by atoms with Crippen molar-refractivity contribution in [3.05, 3.63) is 59.9 Å². The molecule has 0 aliphatic carbocycles. The Morgan fingerprint density at radius 2 is 1.67 bits per heavy atom. The van der Waals surface area contributed by atoms with Crippen LogP contribution in [-0.4, -0.2) is 60.7 Å². The number of benzene rings is 2. The van der Waals surface area contributed by atoms with E-state index in [1.807, 2.05) is 71.0 Å². The molecule has 4 rings (SSSR count). The lowest BCUT2D eigenvalue weighted by Gasteiger charge is -2.35. The van der Waals surface area contributed by atoms with E-state index in [0.717, 1.165) is 38.8 Å². The van der Waals surface area contributed by atoms with E-state index < -0.39 is 5.60 Å². The predicted molar refractivity (Wildman–Crippen MR) is 141 cm³/mol. The molecule has 2 amide bonds. The third-order valence-corrected chi connectivity index (χ3v) is 6.34. The molecule has 36 heavy (non-hydrogen) atoms. The molecule has 1 aliphatic rings. The van der Waals surface area contributed by atoms with Gasteiger partial charge in [-0.2, -0.15) is 0 Å². The maximum atomic E-state index is 13.1. The number of ether oxygens (including phenoxy) is 2. The highest BCUT2D eigenvalue weighted by molar-refractivity contribution is 6.01. The highest BCUT2D eigenvalue weighted by atomic mass is 16.6. The van der Waals surface area contributed by atoms with Gasteiger partial charge in [0.2, 0.25) is 5.91 Å². The van der Waals surface area contributed by atoms with Crippen LogP contribution < -0.4 is 4.74 Å². The molecule has 0 atom stereocenters. The third-order valence-electron chi connectivity index (χ3n) is 6.34. The van der Waals surface area contributed by atoms with Crippen molar-refractivity contribution in [1.82, 2.24) is 9.80 Å². The Morgan fingerprint density at radius 1 is 1.03 bits per heavy atom. The lowest BCUT2D eigenvalue weighted by Crippen LogP contribution is -2.51. The Balaban J connectivity index is 1.57. The van der Waals surface area contributed by atoms with Crippen LogP contribution in [0.4, 0.5) is 4.79 Å². The second-order valence-electron chi connectivity index (χ2n) is 10.1. The van der Waals surface area contributed by atoms with Crippen LogP contribution in [0.25, 0.3) is 27.7 Å². The number of amides is 2. The zero-order valence-electron chi connectivity index (χ0n) is 21.9. The average Bonchev–Trinajstić information content (AvgIpc) is 3.28. The van der Waals surface area contributed by atoms with Gasteiger partial charge in [0.15, 0.2) is 0 Å². The number of carbonyl (C=O) groups excluding carboxylic acids is 2. The molecule has 7 nitrogen and oxygen atoms in total. The number of nitrogens with zero attached hydrogens (tertiary/aromatic N) is 2. The lowest BCUT2D eigenvalue weighted by atomic mass is 9.96. The fourth-order valence-corrected chi connectivity index (χ4v) is 4.50. The van der Waals surface area contributed by atoms with Crippen LogP contribution in [0.5, 0.6) is 5.75 Å². The van der Waals surface area contributed by atoms with Crippen LogP contribution in [0.2, 0.25) is 0 Å². The third kappa shape index (κ3) is 5.25. The van der Waals surface area contributed by atoms with Gasteiger partial charge < -0.3 is 23.7 Å². The van der Waals surface area contributed by atoms with E-state index in [2.05, 4.69) is 0 Å². The number of aryl methyl sites for hydroxylation is 1. The molecule has 0 spiro atoms. The molecular formula is C29H34N2O5. The summed E-state index contributed by atoms with van der Waals surface area (Å²) in [5, 5.41) is 0.973. The number of methoxy groups -OCH3 is 1. The number of hydrogen-bond acceptors (Lipinski definition) is 5. The van der Waals surface area contributed by atoms with Crippen molar-refractivity contribution in [2.45, 2.75) is 40.2 Å². The summed E-state index contributed by atoms with van der Waals surface area (Å²) in [5.74, 6) is 0.597. The minimum absolute atomic E-state index is 0.0911. The van der Waals surface area contributed by atoms with E-state index in [9.17, 15) is 9.59 Å². The number of carbonyl (C=O) groups is 2. The maximum absolute atomic E-state index is 13.1. The van der Waals surface area contributed by atoms with Crippen molar-refractivity contribution >= 4 is 28.5 Å². The average molecular weight is 491 g/mol. The Labute approximate surface area is 212 Å². The number of fused-ring (bicyclic) bond motifs is 1. The molecule has 1 saturated heterocycles. The fraction of sp³-hybridized carbons (Fsp3) is 0.379. The van der Waals surface area contributed by atoms with Crippen LogP contribution in [0.15, 0.2) is 53.2 Å². The van der Waals surface area contributed by atoms with Gasteiger partial charge in [-0.1, -0.05) is 30.3 Å². The summed E-state index contributed by atoms with van der Waals surface area (Å²) in [6, 6.07) is 12.1. The topological polar surface area (TPSA) is 72.2 Å². The summed E-state index contributed by atoms with van der Waals surface area (Å²) < 4.78 is 17.1. The Bertz CT molecular complexity index is 1290. The van der Waals surface area contributed by atoms with Crippen LogP contribution in [0.1, 0.15) is 38.8 Å². The van der Waals surface area contributed by atoms with Crippen molar-refractivity contribution in [3.8, 4) is 16.9 Å². The Kier molecular flexibility index (Phi) is 7.11. The van der Waals surface area contributed by atoms with Crippen molar-refractivity contribution in [2.75, 3.05) is 33.3 Å². The van der Waals surface area contributed by atoms with Gasteiger partial charge in [0.25, 0.3) is 0 Å². The molecular weight excluding hydrogens is 456 g/mol. The molecule has 0 unspecified atom stereocenters. The standard InChI is InChI=1S/C29H34N2O5/c1-19(16-25(32)30-12-14-31(15-13-30)28(33)36-29(3,4)5)22-17-23-24(21-10-8-7-9-11-21)18-35-27(23)20(2)26(22)34-6/h7-11,16-18H,12-15H2,1-6H3/b19-16+. The number of piperazine rings is 1. The van der Waals surface area contributed by atoms with E-state index in [1.54, 1.807) is 29.2 Å². The molecule has 0 bridgehead atoms. The summed E-state index contributed by atoms with van der Waals surface area (Å²) in [6.07, 6.45) is 3.07. The second kappa shape index (κ2) is 10.1. The van der Waals surface area contributed by atoms with Crippen LogP contribution in [0, 0.1) is 6.92 Å². The molecule has 2 aromatic carbocycles. The Morgan fingerprint density at radius 3 is 2.28 bits per heavy atom. The minimum atomic E-state index is -0.544. The highest BCUT2D eigenvalue weighted by Crippen LogP contribution is 2.40. The molecule has 2 heterocycles. The van der Waals surface area contributed by atoms with Crippen LogP contribution in [0.3, 0.4) is 0 Å². The summed E-state index contributed by atoms with van der Waals surface area (Å²) in [5.41, 5.74) is 4.82. The Hall–Kier alpha value is -3.74. The van der Waals surface area contributed by atoms with E-state index in [4.69, 9.17) is 13.9 Å². The van der Waals surface area contributed by atoms with Gasteiger partial charge in [-0.05, 0) is 51.8 Å². The number of furan rings is 1. The molecule has 3 aromatic rings. The highest BCUT2D eigenvalue weighted by Gasteiger charge is 2.27. The molecule has 0 radical (unpaired) electrons. The fourth-order valence-electron chi connectivity index (χ4n) is 4.50. The zero-order chi connectivity index (χ0) is 26.0. The molecule has 190 valence electrons. The van der Waals surface area contributed by atoms with Gasteiger partial charge >= 0.3 is 6.09 Å². The van der Waals surface area contributed by atoms with Gasteiger partial charge in [0.1, 0.15) is 16.9 Å². The van der Waals surface area contributed by atoms with Crippen LogP contribution in [-0.2, 0) is 9.53 Å². The quantitative estimate of drug-likeness (QED) is 0.426. The van der Waals surface area contributed by atoms with E-state index in [0.29, 0.717) is 31.9 Å². The largest absolute Gasteiger partial charge is 0.496 e. The molecule has 0 N–H and O–H groups in total. The van der Waals surface area contributed by atoms with Crippen molar-refractivity contribution in [3.63, 3.8) is 0 Å². The molecule has 1 aromatic heterocycles. The molecule has 1 fully saturated rings. The van der Waals surface area contributed by atoms with E-state index >= 15 is 0 Å². The number of rotatable bonds is 4. The summed E-state index contributed by atoms with van der Waals surface area (Å²) in [6.45, 7) is 11.2. The molecule has 7 heteroatoms. The first kappa shape index (κ1) is 25.4. The first-order chi connectivity index (χ1) is 17.1. The number of hydrogen-bond donors (Lipinski definition) is 0. The van der Waals surface area contributed by atoms with E-state index in [-0.39, 0.29) is 12.0 Å². The summed E-state index contributed by atoms with van der Waals surface area (Å²) in [7, 11) is 1.63. The number of allylic oxidation sites excluding steroid dienone is 1. The van der Waals surface area contributed by atoms with Crippen LogP contribution >= 0.6 is 0 Å². The normalized spacial score (nSPS) is 14.8. The minimum Gasteiger partial charge on any atom is -0.496 e.